The van der Waals surface area contributed by atoms with E-state index in [9.17, 15) is 5.11 Å². The molecule has 2 heterocycles. The van der Waals surface area contributed by atoms with E-state index in [1.54, 1.807) is 6.07 Å². The topological polar surface area (TPSA) is 48.0 Å². The van der Waals surface area contributed by atoms with E-state index in [-0.39, 0.29) is 5.54 Å². The summed E-state index contributed by atoms with van der Waals surface area (Å²) in [5.41, 5.74) is 3.45. The second-order valence-electron chi connectivity index (χ2n) is 4.98. The second kappa shape index (κ2) is 3.01. The van der Waals surface area contributed by atoms with Gasteiger partial charge in [0.1, 0.15) is 5.75 Å². The number of H-pyrrole nitrogens is 1. The number of nitrogens with one attached hydrogen (secondary N) is 2. The van der Waals surface area contributed by atoms with E-state index in [1.165, 1.54) is 11.3 Å². The molecule has 0 saturated heterocycles. The minimum Gasteiger partial charge on any atom is -0.507 e. The third-order valence-corrected chi connectivity index (χ3v) is 3.47. The molecule has 84 valence electrons. The maximum Gasteiger partial charge on any atom is 0.125 e. The van der Waals surface area contributed by atoms with Gasteiger partial charge in [-0.2, -0.15) is 0 Å². The van der Waals surface area contributed by atoms with Gasteiger partial charge in [0.25, 0.3) is 0 Å². The van der Waals surface area contributed by atoms with Crippen LogP contribution in [0.1, 0.15) is 25.1 Å². The summed E-state index contributed by atoms with van der Waals surface area (Å²) in [5, 5.41) is 14.4. The van der Waals surface area contributed by atoms with E-state index in [4.69, 9.17) is 0 Å². The normalized spacial score (nSPS) is 18.6. The predicted molar refractivity (Wildman–Crippen MR) is 64.7 cm³/mol. The Morgan fingerprint density at radius 1 is 1.31 bits per heavy atom. The van der Waals surface area contributed by atoms with Crippen molar-refractivity contribution in [2.24, 2.45) is 0 Å². The van der Waals surface area contributed by atoms with Crippen molar-refractivity contribution in [1.82, 2.24) is 10.3 Å². The lowest BCUT2D eigenvalue weighted by Gasteiger charge is -2.31. The third kappa shape index (κ3) is 1.18. The molecule has 16 heavy (non-hydrogen) atoms. The van der Waals surface area contributed by atoms with Crippen molar-refractivity contribution >= 4 is 10.9 Å². The van der Waals surface area contributed by atoms with Gasteiger partial charge < -0.3 is 15.4 Å². The first-order valence-corrected chi connectivity index (χ1v) is 5.67. The first kappa shape index (κ1) is 9.73. The molecule has 0 aliphatic carbocycles. The van der Waals surface area contributed by atoms with Crippen LogP contribution in [0, 0.1) is 0 Å². The van der Waals surface area contributed by atoms with Crippen LogP contribution < -0.4 is 5.32 Å². The number of hydrogen-bond donors (Lipinski definition) is 3. The zero-order chi connectivity index (χ0) is 11.3. The number of phenolic OH excluding ortho intramolecular Hbond substituents is 1. The maximum atomic E-state index is 9.95. The highest BCUT2D eigenvalue weighted by Crippen LogP contribution is 2.36. The smallest absolute Gasteiger partial charge is 0.125 e. The monoisotopic (exact) mass is 216 g/mol. The Morgan fingerprint density at radius 3 is 2.94 bits per heavy atom. The molecule has 1 aliphatic rings. The number of fused-ring (bicyclic) bond motifs is 3. The second-order valence-corrected chi connectivity index (χ2v) is 4.98. The quantitative estimate of drug-likeness (QED) is 0.632. The zero-order valence-electron chi connectivity index (χ0n) is 9.59. The molecule has 0 unspecified atom stereocenters. The molecule has 0 saturated carbocycles. The average Bonchev–Trinajstić information content (AvgIpc) is 2.59. The SMILES string of the molecule is CC1(C)NCCc2c1[nH]c1cccc(O)c21. The van der Waals surface area contributed by atoms with Crippen LogP contribution in [0.4, 0.5) is 0 Å². The summed E-state index contributed by atoms with van der Waals surface area (Å²) < 4.78 is 0. The lowest BCUT2D eigenvalue weighted by molar-refractivity contribution is 0.374. The van der Waals surface area contributed by atoms with Crippen molar-refractivity contribution in [2.75, 3.05) is 6.54 Å². The summed E-state index contributed by atoms with van der Waals surface area (Å²) in [6, 6.07) is 5.65. The highest BCUT2D eigenvalue weighted by molar-refractivity contribution is 5.90. The Labute approximate surface area is 94.5 Å². The van der Waals surface area contributed by atoms with Crippen LogP contribution >= 0.6 is 0 Å². The highest BCUT2D eigenvalue weighted by atomic mass is 16.3. The van der Waals surface area contributed by atoms with Crippen LogP contribution in [-0.4, -0.2) is 16.6 Å². The number of benzene rings is 1. The van der Waals surface area contributed by atoms with Crippen molar-refractivity contribution in [3.8, 4) is 5.75 Å². The van der Waals surface area contributed by atoms with E-state index < -0.39 is 0 Å². The number of aromatic hydroxyl groups is 1. The van der Waals surface area contributed by atoms with Crippen LogP contribution in [0.2, 0.25) is 0 Å². The van der Waals surface area contributed by atoms with Crippen LogP contribution in [0.5, 0.6) is 5.75 Å². The lowest BCUT2D eigenvalue weighted by atomic mass is 9.90. The Bertz CT molecular complexity index is 554. The molecular formula is C13H16N2O. The molecule has 0 radical (unpaired) electrons. The Hall–Kier alpha value is -1.48. The van der Waals surface area contributed by atoms with Gasteiger partial charge in [0.05, 0.1) is 5.54 Å². The van der Waals surface area contributed by atoms with E-state index in [0.29, 0.717) is 5.75 Å². The summed E-state index contributed by atoms with van der Waals surface area (Å²) in [7, 11) is 0. The van der Waals surface area contributed by atoms with Gasteiger partial charge in [0, 0.05) is 23.1 Å². The molecule has 1 aromatic carbocycles. The average molecular weight is 216 g/mol. The Balaban J connectivity index is 2.38. The van der Waals surface area contributed by atoms with Gasteiger partial charge in [-0.1, -0.05) is 6.07 Å². The van der Waals surface area contributed by atoms with Gasteiger partial charge in [-0.25, -0.2) is 0 Å². The first-order chi connectivity index (χ1) is 7.59. The van der Waals surface area contributed by atoms with Crippen molar-refractivity contribution in [2.45, 2.75) is 25.8 Å². The van der Waals surface area contributed by atoms with Crippen molar-refractivity contribution < 1.29 is 5.11 Å². The molecule has 0 fully saturated rings. The fourth-order valence-electron chi connectivity index (χ4n) is 2.67. The summed E-state index contributed by atoms with van der Waals surface area (Å²) in [4.78, 5) is 3.42. The molecule has 1 aliphatic heterocycles. The standard InChI is InChI=1S/C13H16N2O/c1-13(2)12-8(6-7-14-13)11-9(15-12)4-3-5-10(11)16/h3-5,14-16H,6-7H2,1-2H3. The Kier molecular flexibility index (Phi) is 1.83. The molecule has 3 heteroatoms. The molecule has 1 aromatic heterocycles. The molecular weight excluding hydrogens is 200 g/mol. The minimum absolute atomic E-state index is 0.0426. The van der Waals surface area contributed by atoms with Gasteiger partial charge in [-0.15, -0.1) is 0 Å². The van der Waals surface area contributed by atoms with Crippen molar-refractivity contribution in [3.05, 3.63) is 29.5 Å². The van der Waals surface area contributed by atoms with E-state index in [0.717, 1.165) is 23.9 Å². The molecule has 2 aromatic rings. The molecule has 0 amide bonds. The number of aromatic amines is 1. The fraction of sp³-hybridized carbons (Fsp3) is 0.385. The summed E-state index contributed by atoms with van der Waals surface area (Å²) in [6.45, 7) is 5.29. The summed E-state index contributed by atoms with van der Waals surface area (Å²) >= 11 is 0. The van der Waals surface area contributed by atoms with Crippen molar-refractivity contribution in [3.63, 3.8) is 0 Å². The van der Waals surface area contributed by atoms with Crippen LogP contribution in [-0.2, 0) is 12.0 Å². The van der Waals surface area contributed by atoms with E-state index in [2.05, 4.69) is 24.1 Å². The first-order valence-electron chi connectivity index (χ1n) is 5.67. The van der Waals surface area contributed by atoms with Crippen LogP contribution in [0.3, 0.4) is 0 Å². The van der Waals surface area contributed by atoms with Crippen LogP contribution in [0.25, 0.3) is 10.9 Å². The molecule has 0 spiro atoms. The zero-order valence-corrected chi connectivity index (χ0v) is 9.59. The van der Waals surface area contributed by atoms with Gasteiger partial charge >= 0.3 is 0 Å². The highest BCUT2D eigenvalue weighted by Gasteiger charge is 2.30. The van der Waals surface area contributed by atoms with E-state index in [1.807, 2.05) is 12.1 Å². The lowest BCUT2D eigenvalue weighted by Crippen LogP contribution is -2.42. The van der Waals surface area contributed by atoms with Gasteiger partial charge in [0.2, 0.25) is 0 Å². The van der Waals surface area contributed by atoms with Gasteiger partial charge in [-0.05, 0) is 38.0 Å². The molecule has 3 nitrogen and oxygen atoms in total. The summed E-state index contributed by atoms with van der Waals surface area (Å²) in [5.74, 6) is 0.382. The predicted octanol–water partition coefficient (Wildman–Crippen LogP) is 2.25. The van der Waals surface area contributed by atoms with E-state index >= 15 is 0 Å². The number of aromatic nitrogens is 1. The molecule has 0 atom stereocenters. The minimum atomic E-state index is -0.0426. The van der Waals surface area contributed by atoms with Crippen molar-refractivity contribution in [1.29, 1.82) is 0 Å². The molecule has 3 N–H and O–H groups in total. The summed E-state index contributed by atoms with van der Waals surface area (Å²) in [6.07, 6.45) is 0.969. The number of phenols is 1. The number of hydrogen-bond acceptors (Lipinski definition) is 2. The third-order valence-electron chi connectivity index (χ3n) is 3.47. The fourth-order valence-corrected chi connectivity index (χ4v) is 2.67. The number of rotatable bonds is 0. The Morgan fingerprint density at radius 2 is 2.12 bits per heavy atom. The molecule has 0 bridgehead atoms. The maximum absolute atomic E-state index is 9.95. The molecule has 3 rings (SSSR count). The van der Waals surface area contributed by atoms with Gasteiger partial charge in [0.15, 0.2) is 0 Å². The largest absolute Gasteiger partial charge is 0.507 e. The van der Waals surface area contributed by atoms with Crippen LogP contribution in [0.15, 0.2) is 18.2 Å². The van der Waals surface area contributed by atoms with Gasteiger partial charge in [-0.3, -0.25) is 0 Å².